The van der Waals surface area contributed by atoms with Crippen molar-refractivity contribution in [3.8, 4) is 0 Å². The van der Waals surface area contributed by atoms with Crippen molar-refractivity contribution in [1.82, 2.24) is 0 Å². The van der Waals surface area contributed by atoms with Crippen molar-refractivity contribution >= 4 is 40.2 Å². The van der Waals surface area contributed by atoms with Gasteiger partial charge in [0.05, 0.1) is 17.5 Å². The zero-order valence-corrected chi connectivity index (χ0v) is 15.9. The van der Waals surface area contributed by atoms with Gasteiger partial charge >= 0.3 is 17.9 Å². The first kappa shape index (κ1) is 20.1. The Hall–Kier alpha value is -3.61. The fourth-order valence-electron chi connectivity index (χ4n) is 3.14. The molecule has 0 saturated heterocycles. The van der Waals surface area contributed by atoms with Crippen LogP contribution in [0, 0.1) is 0 Å². The van der Waals surface area contributed by atoms with Crippen LogP contribution in [0.2, 0.25) is 0 Å². The summed E-state index contributed by atoms with van der Waals surface area (Å²) in [5.74, 6) is -3.18. The molecule has 2 aromatic carbocycles. The average Bonchev–Trinajstić information content (AvgIpc) is 2.70. The largest absolute Gasteiger partial charge is 0.451 e. The van der Waals surface area contributed by atoms with Gasteiger partial charge in [0.2, 0.25) is 0 Å². The molecule has 0 fully saturated rings. The number of Topliss-reactive ketones (excluding diaryl/α,β-unsaturated/α-hetero) is 2. The van der Waals surface area contributed by atoms with Gasteiger partial charge in [-0.1, -0.05) is 25.6 Å². The van der Waals surface area contributed by atoms with Crippen LogP contribution >= 0.6 is 0 Å². The van der Waals surface area contributed by atoms with Gasteiger partial charge in [-0.25, -0.2) is 14.4 Å². The summed E-state index contributed by atoms with van der Waals surface area (Å²) in [5.41, 5.74) is 0.696. The van der Waals surface area contributed by atoms with E-state index in [1.807, 2.05) is 0 Å². The van der Waals surface area contributed by atoms with Crippen LogP contribution in [0.5, 0.6) is 0 Å². The number of rotatable bonds is 7. The molecule has 0 amide bonds. The summed E-state index contributed by atoms with van der Waals surface area (Å²) in [6, 6.07) is 7.54. The number of hydrogen-bond acceptors (Lipinski definition) is 7. The third-order valence-electron chi connectivity index (χ3n) is 4.64. The molecule has 1 aliphatic heterocycles. The van der Waals surface area contributed by atoms with Gasteiger partial charge in [0, 0.05) is 22.9 Å². The number of ketones is 2. The lowest BCUT2D eigenvalue weighted by Crippen LogP contribution is -2.30. The fraction of sp³-hybridized carbons (Fsp3) is 0.227. The zero-order chi connectivity index (χ0) is 21.3. The van der Waals surface area contributed by atoms with E-state index in [4.69, 9.17) is 9.47 Å². The second kappa shape index (κ2) is 7.79. The number of hydrogen-bond donors (Lipinski definition) is 0. The lowest BCUT2D eigenvalue weighted by molar-refractivity contribution is -0.151. The van der Waals surface area contributed by atoms with Crippen LogP contribution in [0.15, 0.2) is 42.5 Å². The first-order valence-electron chi connectivity index (χ1n) is 8.99. The molecule has 7 nitrogen and oxygen atoms in total. The normalized spacial score (nSPS) is 13.6. The van der Waals surface area contributed by atoms with Crippen molar-refractivity contribution < 1.29 is 33.4 Å². The molecule has 7 heteroatoms. The summed E-state index contributed by atoms with van der Waals surface area (Å²) in [6.07, 6.45) is -1.51. The molecule has 3 rings (SSSR count). The highest BCUT2D eigenvalue weighted by atomic mass is 16.6. The van der Waals surface area contributed by atoms with Crippen LogP contribution in [0.3, 0.4) is 0 Å². The Labute approximate surface area is 166 Å². The predicted molar refractivity (Wildman–Crippen MR) is 103 cm³/mol. The first-order chi connectivity index (χ1) is 13.7. The molecule has 0 aromatic heterocycles. The topological polar surface area (TPSA) is 104 Å². The van der Waals surface area contributed by atoms with E-state index in [2.05, 4.69) is 6.58 Å². The van der Waals surface area contributed by atoms with E-state index in [0.29, 0.717) is 10.8 Å². The number of cyclic esters (lactones) is 2. The van der Waals surface area contributed by atoms with E-state index in [-0.39, 0.29) is 35.1 Å². The second-order valence-corrected chi connectivity index (χ2v) is 6.69. The van der Waals surface area contributed by atoms with E-state index >= 15 is 0 Å². The van der Waals surface area contributed by atoms with Crippen LogP contribution in [0.4, 0.5) is 0 Å². The maximum absolute atomic E-state index is 13.0. The average molecular weight is 394 g/mol. The maximum atomic E-state index is 13.0. The second-order valence-electron chi connectivity index (χ2n) is 6.69. The summed E-state index contributed by atoms with van der Waals surface area (Å²) >= 11 is 0. The van der Waals surface area contributed by atoms with Gasteiger partial charge in [-0.05, 0) is 30.5 Å². The van der Waals surface area contributed by atoms with Gasteiger partial charge in [-0.3, -0.25) is 9.59 Å². The molecule has 0 N–H and O–H groups in total. The minimum absolute atomic E-state index is 0.0889. The molecule has 0 radical (unpaired) electrons. The highest BCUT2D eigenvalue weighted by Crippen LogP contribution is 2.31. The van der Waals surface area contributed by atoms with E-state index in [9.17, 15) is 24.0 Å². The number of benzene rings is 2. The van der Waals surface area contributed by atoms with Gasteiger partial charge < -0.3 is 9.47 Å². The van der Waals surface area contributed by atoms with Crippen LogP contribution in [0.1, 0.15) is 57.8 Å². The van der Waals surface area contributed by atoms with E-state index in [1.165, 1.54) is 25.1 Å². The van der Waals surface area contributed by atoms with Crippen molar-refractivity contribution in [3.05, 3.63) is 59.2 Å². The molecule has 0 bridgehead atoms. The molecule has 1 atom stereocenters. The van der Waals surface area contributed by atoms with E-state index < -0.39 is 35.6 Å². The summed E-state index contributed by atoms with van der Waals surface area (Å²) < 4.78 is 9.85. The molecule has 1 unspecified atom stereocenters. The predicted octanol–water partition coefficient (Wildman–Crippen LogP) is 3.19. The number of carbonyl (C=O) groups excluding carboxylic acids is 5. The monoisotopic (exact) mass is 394 g/mol. The molecule has 0 spiro atoms. The molecule has 148 valence electrons. The molecule has 1 heterocycles. The summed E-state index contributed by atoms with van der Waals surface area (Å²) in [5, 5.41) is 0.723. The van der Waals surface area contributed by atoms with Crippen molar-refractivity contribution in [3.63, 3.8) is 0 Å². The Morgan fingerprint density at radius 3 is 2.34 bits per heavy atom. The zero-order valence-electron chi connectivity index (χ0n) is 15.9. The van der Waals surface area contributed by atoms with Crippen LogP contribution < -0.4 is 0 Å². The van der Waals surface area contributed by atoms with Crippen molar-refractivity contribution in [2.24, 2.45) is 0 Å². The molecule has 0 aliphatic carbocycles. The molecular formula is C22H18O7. The first-order valence-corrected chi connectivity index (χ1v) is 8.99. The highest BCUT2D eigenvalue weighted by molar-refractivity contribution is 6.24. The quantitative estimate of drug-likeness (QED) is 0.307. The van der Waals surface area contributed by atoms with E-state index in [1.54, 1.807) is 19.1 Å². The Morgan fingerprint density at radius 1 is 1.07 bits per heavy atom. The van der Waals surface area contributed by atoms with Gasteiger partial charge in [0.1, 0.15) is 0 Å². The fourth-order valence-corrected chi connectivity index (χ4v) is 3.14. The van der Waals surface area contributed by atoms with Gasteiger partial charge in [0.15, 0.2) is 17.7 Å². The van der Waals surface area contributed by atoms with Crippen LogP contribution in [0.25, 0.3) is 10.8 Å². The third kappa shape index (κ3) is 3.71. The molecule has 29 heavy (non-hydrogen) atoms. The lowest BCUT2D eigenvalue weighted by atomic mass is 9.91. The van der Waals surface area contributed by atoms with Crippen LogP contribution in [-0.4, -0.2) is 35.6 Å². The Bertz CT molecular complexity index is 1070. The third-order valence-corrected chi connectivity index (χ3v) is 4.64. The lowest BCUT2D eigenvalue weighted by Gasteiger charge is -2.19. The number of carbonyl (C=O) groups is 5. The smallest absolute Gasteiger partial charge is 0.346 e. The van der Waals surface area contributed by atoms with Gasteiger partial charge in [-0.2, -0.15) is 0 Å². The van der Waals surface area contributed by atoms with E-state index in [0.717, 1.165) is 0 Å². The minimum Gasteiger partial charge on any atom is -0.451 e. The Balaban J connectivity index is 2.01. The molecule has 0 saturated carbocycles. The van der Waals surface area contributed by atoms with Crippen molar-refractivity contribution in [2.45, 2.75) is 32.8 Å². The molecule has 2 aromatic rings. The molecule has 1 aliphatic rings. The van der Waals surface area contributed by atoms with Gasteiger partial charge in [-0.15, -0.1) is 0 Å². The van der Waals surface area contributed by atoms with Crippen LogP contribution in [-0.2, 0) is 19.1 Å². The highest BCUT2D eigenvalue weighted by Gasteiger charge is 2.30. The Kier molecular flexibility index (Phi) is 5.41. The Morgan fingerprint density at radius 2 is 1.72 bits per heavy atom. The number of ether oxygens (including phenoxy) is 2. The molecular weight excluding hydrogens is 376 g/mol. The summed E-state index contributed by atoms with van der Waals surface area (Å²) in [7, 11) is 0. The summed E-state index contributed by atoms with van der Waals surface area (Å²) in [6.45, 7) is 6.52. The van der Waals surface area contributed by atoms with Gasteiger partial charge in [0.25, 0.3) is 0 Å². The number of esters is 3. The van der Waals surface area contributed by atoms with Crippen molar-refractivity contribution in [1.29, 1.82) is 0 Å². The van der Waals surface area contributed by atoms with Crippen molar-refractivity contribution in [2.75, 3.05) is 0 Å². The minimum atomic E-state index is -1.24. The SMILES string of the molecule is C=C(C)C(=O)OC(CC(=O)c1ccc2c3c(cccc13)C(=O)OC2=O)C(=O)CC. The summed E-state index contributed by atoms with van der Waals surface area (Å²) in [4.78, 5) is 61.0. The standard InChI is InChI=1S/C22H18O7/c1-4-16(23)18(28-20(25)11(2)3)10-17(24)12-8-9-15-19-13(12)6-5-7-14(19)21(26)29-22(15)27/h5-9,18H,2,4,10H2,1,3H3. The maximum Gasteiger partial charge on any atom is 0.346 e.